The van der Waals surface area contributed by atoms with Crippen LogP contribution in [0.5, 0.6) is 0 Å². The van der Waals surface area contributed by atoms with Crippen molar-refractivity contribution in [2.45, 2.75) is 42.7 Å². The SMILES string of the molecule is CCC(C)(c1ccccc1)[As](C)C(=O)OC(C)Cl. The van der Waals surface area contributed by atoms with E-state index in [-0.39, 0.29) is 8.96 Å². The Bertz CT molecular complexity index is 394. The van der Waals surface area contributed by atoms with E-state index < -0.39 is 20.2 Å². The molecule has 1 aromatic carbocycles. The summed E-state index contributed by atoms with van der Waals surface area (Å²) in [6.07, 6.45) is 0.930. The molecule has 3 unspecified atom stereocenters. The molecule has 3 atom stereocenters. The number of carbonyl (C=O) groups excluding carboxylic acids is 1. The van der Waals surface area contributed by atoms with Gasteiger partial charge in [-0.25, -0.2) is 0 Å². The Morgan fingerprint density at radius 2 is 2.00 bits per heavy atom. The summed E-state index contributed by atoms with van der Waals surface area (Å²) in [5.74, 6) is 0. The van der Waals surface area contributed by atoms with Gasteiger partial charge in [-0.3, -0.25) is 0 Å². The number of ether oxygens (including phenoxy) is 1. The molecule has 1 aromatic rings. The fourth-order valence-electron chi connectivity index (χ4n) is 1.85. The standard InChI is InChI=1S/C14H20AsClO2/c1-5-14(3,12-9-7-6-8-10-12)15(4)13(17)18-11(2)16/h6-11H,5H2,1-4H3. The topological polar surface area (TPSA) is 26.3 Å². The molecule has 2 nitrogen and oxygen atoms in total. The molecule has 0 aliphatic rings. The van der Waals surface area contributed by atoms with Crippen LogP contribution >= 0.6 is 11.6 Å². The Morgan fingerprint density at radius 3 is 2.44 bits per heavy atom. The van der Waals surface area contributed by atoms with Crippen molar-refractivity contribution >= 4 is 31.0 Å². The van der Waals surface area contributed by atoms with Gasteiger partial charge >= 0.3 is 119 Å². The minimum atomic E-state index is -1.83. The molecule has 1 rings (SSSR count). The molecule has 0 radical (unpaired) electrons. The Hall–Kier alpha value is -0.462. The summed E-state index contributed by atoms with van der Waals surface area (Å²) in [5.41, 5.74) is 2.71. The van der Waals surface area contributed by atoms with Crippen LogP contribution in [0.3, 0.4) is 0 Å². The molecule has 0 saturated carbocycles. The van der Waals surface area contributed by atoms with Gasteiger partial charge in [0.15, 0.2) is 0 Å². The number of alkyl halides is 1. The Balaban J connectivity index is 2.98. The van der Waals surface area contributed by atoms with Gasteiger partial charge < -0.3 is 0 Å². The third-order valence-electron chi connectivity index (χ3n) is 3.36. The summed E-state index contributed by atoms with van der Waals surface area (Å²) < 4.78 is 4.99. The van der Waals surface area contributed by atoms with Crippen molar-refractivity contribution in [1.29, 1.82) is 0 Å². The van der Waals surface area contributed by atoms with Crippen molar-refractivity contribution in [2.75, 3.05) is 0 Å². The summed E-state index contributed by atoms with van der Waals surface area (Å²) in [5, 5.41) is 0. The number of hydrogen-bond donors (Lipinski definition) is 0. The van der Waals surface area contributed by atoms with E-state index in [0.717, 1.165) is 6.42 Å². The van der Waals surface area contributed by atoms with Crippen molar-refractivity contribution in [2.24, 2.45) is 0 Å². The van der Waals surface area contributed by atoms with Crippen LogP contribution in [0.4, 0.5) is 4.79 Å². The Labute approximate surface area is 119 Å². The second-order valence-corrected chi connectivity index (χ2v) is 10.3. The fourth-order valence-corrected chi connectivity index (χ4v) is 5.70. The second-order valence-electron chi connectivity index (χ2n) is 4.48. The minimum absolute atomic E-state index is 0.0862. The quantitative estimate of drug-likeness (QED) is 0.593. The molecule has 0 aliphatic heterocycles. The van der Waals surface area contributed by atoms with Gasteiger partial charge in [0.05, 0.1) is 0 Å². The predicted octanol–water partition coefficient (Wildman–Crippen LogP) is 4.32. The van der Waals surface area contributed by atoms with Gasteiger partial charge in [0.25, 0.3) is 0 Å². The first-order valence-corrected chi connectivity index (χ1v) is 10.2. The van der Waals surface area contributed by atoms with Gasteiger partial charge in [-0.2, -0.15) is 0 Å². The molecule has 100 valence electrons. The molecule has 0 saturated heterocycles. The zero-order valence-electron chi connectivity index (χ0n) is 11.3. The first-order valence-electron chi connectivity index (χ1n) is 6.06. The van der Waals surface area contributed by atoms with Crippen LogP contribution < -0.4 is 0 Å². The van der Waals surface area contributed by atoms with E-state index in [1.165, 1.54) is 5.56 Å². The van der Waals surface area contributed by atoms with Gasteiger partial charge in [0, 0.05) is 0 Å². The molecular formula is C14H20AsClO2. The second kappa shape index (κ2) is 6.63. The zero-order chi connectivity index (χ0) is 13.8. The molecular weight excluding hydrogens is 311 g/mol. The number of rotatable bonds is 5. The normalized spacial score (nSPS) is 17.6. The monoisotopic (exact) mass is 330 g/mol. The summed E-state index contributed by atoms with van der Waals surface area (Å²) in [4.78, 5) is 12.1. The summed E-state index contributed by atoms with van der Waals surface area (Å²) in [6.45, 7) is 5.95. The molecule has 0 aromatic heterocycles. The Morgan fingerprint density at radius 1 is 1.44 bits per heavy atom. The van der Waals surface area contributed by atoms with E-state index in [0.29, 0.717) is 0 Å². The van der Waals surface area contributed by atoms with Crippen LogP contribution in [0, 0.1) is 0 Å². The number of benzene rings is 1. The molecule has 0 spiro atoms. The van der Waals surface area contributed by atoms with Crippen LogP contribution in [-0.2, 0) is 8.94 Å². The average Bonchev–Trinajstić information content (AvgIpc) is 2.37. The summed E-state index contributed by atoms with van der Waals surface area (Å²) >= 11 is 3.91. The molecule has 0 heterocycles. The molecule has 0 N–H and O–H groups in total. The van der Waals surface area contributed by atoms with Crippen LogP contribution in [0.15, 0.2) is 30.3 Å². The van der Waals surface area contributed by atoms with Crippen LogP contribution in [0.1, 0.15) is 32.8 Å². The first kappa shape index (κ1) is 15.6. The fraction of sp³-hybridized carbons (Fsp3) is 0.500. The van der Waals surface area contributed by atoms with E-state index in [1.807, 2.05) is 23.9 Å². The molecule has 0 amide bonds. The van der Waals surface area contributed by atoms with Crippen molar-refractivity contribution < 1.29 is 9.53 Å². The van der Waals surface area contributed by atoms with Crippen molar-refractivity contribution in [3.8, 4) is 0 Å². The first-order chi connectivity index (χ1) is 8.41. The van der Waals surface area contributed by atoms with E-state index in [4.69, 9.17) is 16.3 Å². The van der Waals surface area contributed by atoms with Crippen LogP contribution in [-0.4, -0.2) is 25.0 Å². The van der Waals surface area contributed by atoms with E-state index in [2.05, 4.69) is 26.0 Å². The molecule has 0 bridgehead atoms. The molecule has 0 fully saturated rings. The van der Waals surface area contributed by atoms with E-state index in [1.54, 1.807) is 6.92 Å². The maximum absolute atomic E-state index is 12.1. The summed E-state index contributed by atoms with van der Waals surface area (Å²) in [6, 6.07) is 10.2. The van der Waals surface area contributed by atoms with Gasteiger partial charge in [-0.15, -0.1) is 0 Å². The number of hydrogen-bond acceptors (Lipinski definition) is 2. The van der Waals surface area contributed by atoms with E-state index in [9.17, 15) is 4.79 Å². The predicted molar refractivity (Wildman–Crippen MR) is 77.5 cm³/mol. The van der Waals surface area contributed by atoms with Crippen molar-refractivity contribution in [1.82, 2.24) is 0 Å². The number of carbonyl (C=O) groups is 1. The third kappa shape index (κ3) is 3.52. The van der Waals surface area contributed by atoms with Crippen LogP contribution in [0.25, 0.3) is 0 Å². The van der Waals surface area contributed by atoms with Crippen LogP contribution in [0.2, 0.25) is 5.71 Å². The van der Waals surface area contributed by atoms with Crippen molar-refractivity contribution in [3.05, 3.63) is 35.9 Å². The van der Waals surface area contributed by atoms with Gasteiger partial charge in [0.2, 0.25) is 0 Å². The van der Waals surface area contributed by atoms with Gasteiger partial charge in [-0.1, -0.05) is 0 Å². The molecule has 4 heteroatoms. The third-order valence-corrected chi connectivity index (χ3v) is 9.13. The van der Waals surface area contributed by atoms with Gasteiger partial charge in [-0.05, 0) is 0 Å². The summed E-state index contributed by atoms with van der Waals surface area (Å²) in [7, 11) is 0. The molecule has 0 aliphatic carbocycles. The van der Waals surface area contributed by atoms with E-state index >= 15 is 0 Å². The zero-order valence-corrected chi connectivity index (χ0v) is 13.9. The average molecular weight is 331 g/mol. The molecule has 18 heavy (non-hydrogen) atoms. The van der Waals surface area contributed by atoms with Gasteiger partial charge in [0.1, 0.15) is 0 Å². The number of halogens is 1. The Kier molecular flexibility index (Phi) is 5.75. The maximum atomic E-state index is 12.1. The van der Waals surface area contributed by atoms with Crippen molar-refractivity contribution in [3.63, 3.8) is 0 Å².